The van der Waals surface area contributed by atoms with E-state index in [0.717, 1.165) is 12.7 Å². The molecular weight excluding hydrogens is 437 g/mol. The van der Waals surface area contributed by atoms with Crippen LogP contribution in [0.5, 0.6) is 5.75 Å². The number of rotatable bonds is 5. The highest BCUT2D eigenvalue weighted by atomic mass is 19.2. The van der Waals surface area contributed by atoms with Gasteiger partial charge >= 0.3 is 0 Å². The number of hydrogen-bond donors (Lipinski definition) is 1. The molecule has 1 aliphatic heterocycles. The topological polar surface area (TPSA) is 83.5 Å². The molecule has 0 radical (unpaired) electrons. The van der Waals surface area contributed by atoms with E-state index in [-0.39, 0.29) is 13.1 Å². The van der Waals surface area contributed by atoms with Crippen LogP contribution in [0.2, 0.25) is 0 Å². The van der Waals surface area contributed by atoms with Crippen LogP contribution in [0.1, 0.15) is 15.9 Å². The number of methoxy groups -OCH3 is 1. The molecule has 0 atom stereocenters. The number of amides is 1. The second-order valence-corrected chi connectivity index (χ2v) is 7.45. The van der Waals surface area contributed by atoms with Gasteiger partial charge in [0.1, 0.15) is 23.8 Å². The van der Waals surface area contributed by atoms with Crippen molar-refractivity contribution in [2.75, 3.05) is 43.5 Å². The second-order valence-electron chi connectivity index (χ2n) is 7.45. The molecular formula is C22H21F3N6O2. The molecule has 3 aromatic rings. The zero-order valence-electron chi connectivity index (χ0n) is 18.0. The molecule has 0 unspecified atom stereocenters. The highest BCUT2D eigenvalue weighted by Gasteiger charge is 2.29. The van der Waals surface area contributed by atoms with Crippen LogP contribution >= 0.6 is 0 Å². The molecule has 1 aromatic carbocycles. The molecule has 0 spiro atoms. The van der Waals surface area contributed by atoms with E-state index in [4.69, 9.17) is 0 Å². The lowest BCUT2D eigenvalue weighted by molar-refractivity contribution is 0.0740. The minimum absolute atomic E-state index is 0.242. The van der Waals surface area contributed by atoms with Gasteiger partial charge in [-0.2, -0.15) is 4.39 Å². The molecule has 172 valence electrons. The zero-order valence-corrected chi connectivity index (χ0v) is 18.0. The van der Waals surface area contributed by atoms with Gasteiger partial charge in [0, 0.05) is 38.4 Å². The third kappa shape index (κ3) is 4.66. The maximum atomic E-state index is 14.5. The lowest BCUT2D eigenvalue weighted by atomic mass is 10.1. The number of ether oxygens (including phenoxy) is 1. The molecule has 1 saturated heterocycles. The van der Waals surface area contributed by atoms with Crippen molar-refractivity contribution in [1.29, 1.82) is 0 Å². The van der Waals surface area contributed by atoms with Crippen molar-refractivity contribution < 1.29 is 22.7 Å². The molecule has 11 heteroatoms. The van der Waals surface area contributed by atoms with Gasteiger partial charge in [-0.05, 0) is 30.7 Å². The molecule has 1 amide bonds. The summed E-state index contributed by atoms with van der Waals surface area (Å²) in [6, 6.07) is 6.10. The molecule has 0 bridgehead atoms. The maximum Gasteiger partial charge on any atom is 0.257 e. The Morgan fingerprint density at radius 2 is 1.73 bits per heavy atom. The minimum Gasteiger partial charge on any atom is -0.491 e. The Kier molecular flexibility index (Phi) is 6.29. The first-order valence-corrected chi connectivity index (χ1v) is 10.1. The SMILES string of the molecule is COc1c(F)c(F)cc(C(=O)N2CCN(c3cc(Nc4cc(C)ccn4)ncn3)CC2)c1F. The number of hydrogen-bond acceptors (Lipinski definition) is 7. The van der Waals surface area contributed by atoms with Gasteiger partial charge in [-0.1, -0.05) is 0 Å². The number of aromatic nitrogens is 3. The summed E-state index contributed by atoms with van der Waals surface area (Å²) in [7, 11) is 1.01. The molecule has 1 aliphatic rings. The number of nitrogens with zero attached hydrogens (tertiary/aromatic N) is 5. The van der Waals surface area contributed by atoms with E-state index in [1.807, 2.05) is 24.0 Å². The van der Waals surface area contributed by atoms with E-state index >= 15 is 0 Å². The fourth-order valence-corrected chi connectivity index (χ4v) is 3.55. The molecule has 0 saturated carbocycles. The number of carbonyl (C=O) groups excluding carboxylic acids is 1. The number of benzene rings is 1. The molecule has 1 fully saturated rings. The predicted octanol–water partition coefficient (Wildman–Crippen LogP) is 3.31. The summed E-state index contributed by atoms with van der Waals surface area (Å²) < 4.78 is 46.6. The van der Waals surface area contributed by atoms with E-state index in [1.165, 1.54) is 11.2 Å². The van der Waals surface area contributed by atoms with E-state index in [9.17, 15) is 18.0 Å². The molecule has 1 N–H and O–H groups in total. The van der Waals surface area contributed by atoms with Crippen LogP contribution in [-0.4, -0.2) is 59.0 Å². The number of piperazine rings is 1. The van der Waals surface area contributed by atoms with E-state index in [0.29, 0.717) is 36.6 Å². The third-order valence-electron chi connectivity index (χ3n) is 5.27. The summed E-state index contributed by atoms with van der Waals surface area (Å²) in [5.74, 6) is -3.83. The Bertz CT molecular complexity index is 1180. The zero-order chi connectivity index (χ0) is 23.5. The van der Waals surface area contributed by atoms with Crippen LogP contribution in [-0.2, 0) is 0 Å². The number of nitrogens with one attached hydrogen (secondary N) is 1. The summed E-state index contributed by atoms with van der Waals surface area (Å²) >= 11 is 0. The lowest BCUT2D eigenvalue weighted by Crippen LogP contribution is -2.49. The van der Waals surface area contributed by atoms with Gasteiger partial charge in [-0.25, -0.2) is 23.7 Å². The van der Waals surface area contributed by atoms with Crippen molar-refractivity contribution in [3.8, 4) is 5.75 Å². The highest BCUT2D eigenvalue weighted by molar-refractivity contribution is 5.95. The van der Waals surface area contributed by atoms with Gasteiger partial charge in [-0.15, -0.1) is 0 Å². The van der Waals surface area contributed by atoms with Gasteiger partial charge in [0.15, 0.2) is 17.4 Å². The van der Waals surface area contributed by atoms with E-state index < -0.39 is 34.7 Å². The lowest BCUT2D eigenvalue weighted by Gasteiger charge is -2.35. The normalized spacial score (nSPS) is 13.7. The molecule has 8 nitrogen and oxygen atoms in total. The van der Waals surface area contributed by atoms with Crippen LogP contribution in [0.3, 0.4) is 0 Å². The Labute approximate surface area is 188 Å². The number of carbonyl (C=O) groups is 1. The van der Waals surface area contributed by atoms with Crippen LogP contribution in [0.4, 0.5) is 30.6 Å². The monoisotopic (exact) mass is 458 g/mol. The van der Waals surface area contributed by atoms with Crippen molar-refractivity contribution in [3.05, 3.63) is 65.4 Å². The fraction of sp³-hybridized carbons (Fsp3) is 0.273. The van der Waals surface area contributed by atoms with E-state index in [2.05, 4.69) is 25.0 Å². The third-order valence-corrected chi connectivity index (χ3v) is 5.27. The second kappa shape index (κ2) is 9.31. The molecule has 0 aliphatic carbocycles. The quantitative estimate of drug-likeness (QED) is 0.588. The largest absolute Gasteiger partial charge is 0.491 e. The Hall–Kier alpha value is -3.89. The first kappa shape index (κ1) is 22.3. The first-order valence-electron chi connectivity index (χ1n) is 10.1. The van der Waals surface area contributed by atoms with Crippen molar-refractivity contribution in [3.63, 3.8) is 0 Å². The number of aryl methyl sites for hydroxylation is 1. The smallest absolute Gasteiger partial charge is 0.257 e. The van der Waals surface area contributed by atoms with Gasteiger partial charge < -0.3 is 19.9 Å². The van der Waals surface area contributed by atoms with Crippen LogP contribution in [0.15, 0.2) is 36.8 Å². The van der Waals surface area contributed by atoms with Crippen LogP contribution in [0.25, 0.3) is 0 Å². The Morgan fingerprint density at radius 1 is 1.00 bits per heavy atom. The minimum atomic E-state index is -1.47. The van der Waals surface area contributed by atoms with Crippen molar-refractivity contribution in [2.45, 2.75) is 6.92 Å². The summed E-state index contributed by atoms with van der Waals surface area (Å²) in [6.45, 7) is 3.26. The number of anilines is 3. The number of pyridine rings is 1. The Balaban J connectivity index is 1.44. The van der Waals surface area contributed by atoms with Gasteiger partial charge in [0.05, 0.1) is 12.7 Å². The number of halogens is 3. The summed E-state index contributed by atoms with van der Waals surface area (Å²) in [5, 5.41) is 3.13. The summed E-state index contributed by atoms with van der Waals surface area (Å²) in [4.78, 5) is 28.8. The first-order chi connectivity index (χ1) is 15.9. The average Bonchev–Trinajstić information content (AvgIpc) is 2.82. The molecule has 2 aromatic heterocycles. The maximum absolute atomic E-state index is 14.5. The fourth-order valence-electron chi connectivity index (χ4n) is 3.55. The molecule has 33 heavy (non-hydrogen) atoms. The van der Waals surface area contributed by atoms with Crippen molar-refractivity contribution >= 4 is 23.4 Å². The van der Waals surface area contributed by atoms with Crippen molar-refractivity contribution in [2.24, 2.45) is 0 Å². The molecule has 4 rings (SSSR count). The van der Waals surface area contributed by atoms with Crippen LogP contribution in [0, 0.1) is 24.4 Å². The summed E-state index contributed by atoms with van der Waals surface area (Å²) in [5.41, 5.74) is 0.482. The van der Waals surface area contributed by atoms with E-state index in [1.54, 1.807) is 12.3 Å². The van der Waals surface area contributed by atoms with Gasteiger partial charge in [0.2, 0.25) is 5.82 Å². The Morgan fingerprint density at radius 3 is 2.42 bits per heavy atom. The predicted molar refractivity (Wildman–Crippen MR) is 115 cm³/mol. The van der Waals surface area contributed by atoms with Crippen molar-refractivity contribution in [1.82, 2.24) is 19.9 Å². The van der Waals surface area contributed by atoms with Crippen LogP contribution < -0.4 is 15.0 Å². The highest BCUT2D eigenvalue weighted by Crippen LogP contribution is 2.28. The van der Waals surface area contributed by atoms with Gasteiger partial charge in [0.25, 0.3) is 5.91 Å². The standard InChI is InChI=1S/C22H21F3N6O2/c1-13-3-4-26-16(9-13)29-17-11-18(28-12-27-17)30-5-7-31(8-6-30)22(32)14-10-15(23)20(25)21(33-2)19(14)24/h3-4,9-12H,5-8H2,1-2H3,(H,26,27,28,29). The van der Waals surface area contributed by atoms with Gasteiger partial charge in [-0.3, -0.25) is 4.79 Å². The average molecular weight is 458 g/mol. The molecule has 3 heterocycles. The summed E-state index contributed by atoms with van der Waals surface area (Å²) in [6.07, 6.45) is 3.12.